The number of piperazine rings is 1. The average Bonchev–Trinajstić information content (AvgIpc) is 3.67. The lowest BCUT2D eigenvalue weighted by Gasteiger charge is -2.36. The third-order valence-corrected chi connectivity index (χ3v) is 10.4. The SMILES string of the molecule is CS(=O)(=O)c1cccc(-c2ccc(C3=CC(C(=O)N4CCN(Cc5ccc(Cl)cc5)CC4)NN3c3ccccc3Cl)s2)c1. The summed E-state index contributed by atoms with van der Waals surface area (Å²) < 4.78 is 24.3. The van der Waals surface area contributed by atoms with Gasteiger partial charge in [0.2, 0.25) is 5.91 Å². The number of nitrogens with one attached hydrogen (secondary N) is 1. The Morgan fingerprint density at radius 3 is 2.35 bits per heavy atom. The Bertz CT molecular complexity index is 1780. The van der Waals surface area contributed by atoms with Crippen LogP contribution in [0.1, 0.15) is 10.4 Å². The maximum Gasteiger partial charge on any atom is 0.245 e. The quantitative estimate of drug-likeness (QED) is 0.256. The maximum absolute atomic E-state index is 13.8. The van der Waals surface area contributed by atoms with Gasteiger partial charge in [-0.2, -0.15) is 0 Å². The average molecular weight is 654 g/mol. The van der Waals surface area contributed by atoms with Crippen molar-refractivity contribution in [1.82, 2.24) is 15.2 Å². The molecule has 1 N–H and O–H groups in total. The van der Waals surface area contributed by atoms with Crippen LogP contribution < -0.4 is 10.4 Å². The van der Waals surface area contributed by atoms with Gasteiger partial charge in [0.05, 0.1) is 26.2 Å². The number of carbonyl (C=O) groups excluding carboxylic acids is 1. The van der Waals surface area contributed by atoms with Crippen molar-refractivity contribution in [3.05, 3.63) is 111 Å². The molecule has 3 heterocycles. The van der Waals surface area contributed by atoms with Crippen LogP contribution in [0, 0.1) is 0 Å². The number of benzene rings is 3. The van der Waals surface area contributed by atoms with Crippen molar-refractivity contribution >= 4 is 61.7 Å². The van der Waals surface area contributed by atoms with Crippen molar-refractivity contribution in [2.75, 3.05) is 37.4 Å². The number of sulfone groups is 1. The molecule has 1 saturated heterocycles. The molecule has 1 atom stereocenters. The first-order valence-electron chi connectivity index (χ1n) is 13.8. The predicted octanol–water partition coefficient (Wildman–Crippen LogP) is 6.20. The van der Waals surface area contributed by atoms with Crippen LogP contribution in [-0.4, -0.2) is 62.6 Å². The minimum absolute atomic E-state index is 0.0100. The Morgan fingerprint density at radius 1 is 0.907 bits per heavy atom. The number of nitrogens with zero attached hydrogens (tertiary/aromatic N) is 3. The highest BCUT2D eigenvalue weighted by atomic mass is 35.5. The van der Waals surface area contributed by atoms with E-state index in [4.69, 9.17) is 23.2 Å². The molecule has 1 amide bonds. The third kappa shape index (κ3) is 6.67. The van der Waals surface area contributed by atoms with E-state index in [1.807, 2.05) is 82.7 Å². The van der Waals surface area contributed by atoms with Crippen LogP contribution >= 0.6 is 34.5 Å². The van der Waals surface area contributed by atoms with E-state index < -0.39 is 15.9 Å². The zero-order valence-corrected chi connectivity index (χ0v) is 26.6. The first-order chi connectivity index (χ1) is 20.7. The number of rotatable bonds is 7. The van der Waals surface area contributed by atoms with E-state index in [0.29, 0.717) is 18.1 Å². The van der Waals surface area contributed by atoms with Crippen molar-refractivity contribution in [3.63, 3.8) is 0 Å². The minimum Gasteiger partial charge on any atom is -0.338 e. The lowest BCUT2D eigenvalue weighted by molar-refractivity contribution is -0.133. The van der Waals surface area contributed by atoms with Crippen LogP contribution in [0.3, 0.4) is 0 Å². The van der Waals surface area contributed by atoms with Crippen molar-refractivity contribution in [2.24, 2.45) is 0 Å². The molecule has 11 heteroatoms. The molecule has 0 spiro atoms. The zero-order valence-electron chi connectivity index (χ0n) is 23.4. The van der Waals surface area contributed by atoms with Gasteiger partial charge in [-0.05, 0) is 65.7 Å². The number of thiophene rings is 1. The van der Waals surface area contributed by atoms with E-state index in [1.54, 1.807) is 18.2 Å². The molecule has 3 aromatic carbocycles. The molecule has 4 aromatic rings. The van der Waals surface area contributed by atoms with Gasteiger partial charge in [0, 0.05) is 48.9 Å². The summed E-state index contributed by atoms with van der Waals surface area (Å²) in [5, 5.41) is 3.16. The summed E-state index contributed by atoms with van der Waals surface area (Å²) in [6.07, 6.45) is 3.16. The molecule has 2 aliphatic heterocycles. The molecule has 0 bridgehead atoms. The number of amides is 1. The molecule has 0 radical (unpaired) electrons. The number of hydrazine groups is 1. The normalized spacial score (nSPS) is 17.7. The summed E-state index contributed by atoms with van der Waals surface area (Å²) in [6.45, 7) is 3.66. The van der Waals surface area contributed by atoms with Crippen LogP contribution in [0.25, 0.3) is 16.1 Å². The third-order valence-electron chi connectivity index (χ3n) is 7.60. The Morgan fingerprint density at radius 2 is 1.63 bits per heavy atom. The van der Waals surface area contributed by atoms with E-state index in [1.165, 1.54) is 23.2 Å². The van der Waals surface area contributed by atoms with Gasteiger partial charge in [-0.1, -0.05) is 59.6 Å². The number of halogens is 2. The summed E-state index contributed by atoms with van der Waals surface area (Å²) in [4.78, 5) is 20.2. The molecule has 1 fully saturated rings. The van der Waals surface area contributed by atoms with E-state index >= 15 is 0 Å². The number of hydrogen-bond acceptors (Lipinski definition) is 7. The van der Waals surface area contributed by atoms with Crippen LogP contribution in [0.15, 0.2) is 95.9 Å². The lowest BCUT2D eigenvalue weighted by atomic mass is 10.1. The van der Waals surface area contributed by atoms with Gasteiger partial charge in [0.15, 0.2) is 9.84 Å². The van der Waals surface area contributed by atoms with Crippen molar-refractivity contribution in [2.45, 2.75) is 17.5 Å². The molecular formula is C32H30Cl2N4O3S2. The summed E-state index contributed by atoms with van der Waals surface area (Å²) in [5.74, 6) is 0.0100. The number of carbonyl (C=O) groups is 1. The van der Waals surface area contributed by atoms with E-state index in [0.717, 1.165) is 51.4 Å². The fraction of sp³-hybridized carbons (Fsp3) is 0.219. The number of anilines is 1. The topological polar surface area (TPSA) is 73.0 Å². The van der Waals surface area contributed by atoms with Gasteiger partial charge in [-0.3, -0.25) is 14.7 Å². The highest BCUT2D eigenvalue weighted by molar-refractivity contribution is 7.90. The molecule has 1 unspecified atom stereocenters. The molecule has 0 aliphatic carbocycles. The minimum atomic E-state index is -3.33. The van der Waals surface area contributed by atoms with Crippen molar-refractivity contribution in [3.8, 4) is 10.4 Å². The second-order valence-electron chi connectivity index (χ2n) is 10.6. The predicted molar refractivity (Wildman–Crippen MR) is 175 cm³/mol. The van der Waals surface area contributed by atoms with Gasteiger partial charge >= 0.3 is 0 Å². The summed E-state index contributed by atoms with van der Waals surface area (Å²) in [7, 11) is -3.33. The lowest BCUT2D eigenvalue weighted by Crippen LogP contribution is -2.54. The Labute approximate surface area is 265 Å². The second-order valence-corrected chi connectivity index (χ2v) is 14.6. The number of para-hydroxylation sites is 1. The first-order valence-corrected chi connectivity index (χ1v) is 17.3. The van der Waals surface area contributed by atoms with Gasteiger partial charge in [-0.15, -0.1) is 11.3 Å². The summed E-state index contributed by atoms with van der Waals surface area (Å²) in [6, 6.07) is 25.7. The zero-order chi connectivity index (χ0) is 30.1. The Kier molecular flexibility index (Phi) is 8.64. The molecule has 2 aliphatic rings. The van der Waals surface area contributed by atoms with Crippen LogP contribution in [0.4, 0.5) is 5.69 Å². The fourth-order valence-electron chi connectivity index (χ4n) is 5.31. The Balaban J connectivity index is 1.22. The summed E-state index contributed by atoms with van der Waals surface area (Å²) >= 11 is 14.2. The molecule has 43 heavy (non-hydrogen) atoms. The highest BCUT2D eigenvalue weighted by Gasteiger charge is 2.35. The van der Waals surface area contributed by atoms with Crippen LogP contribution in [-0.2, 0) is 21.2 Å². The second kappa shape index (κ2) is 12.4. The van der Waals surface area contributed by atoms with E-state index in [9.17, 15) is 13.2 Å². The fourth-order valence-corrected chi connectivity index (χ4v) is 7.34. The molecule has 7 nitrogen and oxygen atoms in total. The molecule has 222 valence electrons. The smallest absolute Gasteiger partial charge is 0.245 e. The van der Waals surface area contributed by atoms with Gasteiger partial charge in [-0.25, -0.2) is 13.8 Å². The molecule has 0 saturated carbocycles. The van der Waals surface area contributed by atoms with Gasteiger partial charge in [0.25, 0.3) is 0 Å². The van der Waals surface area contributed by atoms with E-state index in [-0.39, 0.29) is 10.8 Å². The van der Waals surface area contributed by atoms with E-state index in [2.05, 4.69) is 10.3 Å². The largest absolute Gasteiger partial charge is 0.338 e. The molecule has 1 aromatic heterocycles. The Hall–Kier alpha value is -3.18. The molecular weight excluding hydrogens is 623 g/mol. The van der Waals surface area contributed by atoms with Gasteiger partial charge < -0.3 is 4.90 Å². The molecule has 6 rings (SSSR count). The monoisotopic (exact) mass is 652 g/mol. The standard InChI is InChI=1S/C32H30Cl2N4O3S2/c1-43(40,41)25-6-4-5-23(19-25)30-13-14-31(42-30)29-20-27(35-38(29)28-8-3-2-7-26(28)34)32(39)37-17-15-36(16-18-37)21-22-9-11-24(33)12-10-22/h2-14,19-20,27,35H,15-18,21H2,1H3. The van der Waals surface area contributed by atoms with Crippen LogP contribution in [0.5, 0.6) is 0 Å². The highest BCUT2D eigenvalue weighted by Crippen LogP contribution is 2.39. The first kappa shape index (κ1) is 29.9. The van der Waals surface area contributed by atoms with Crippen molar-refractivity contribution in [1.29, 1.82) is 0 Å². The maximum atomic E-state index is 13.8. The van der Waals surface area contributed by atoms with Crippen molar-refractivity contribution < 1.29 is 13.2 Å². The summed E-state index contributed by atoms with van der Waals surface area (Å²) in [5.41, 5.74) is 6.98. The van der Waals surface area contributed by atoms with Gasteiger partial charge in [0.1, 0.15) is 6.04 Å². The van der Waals surface area contributed by atoms with Crippen LogP contribution in [0.2, 0.25) is 10.0 Å². The number of hydrogen-bond donors (Lipinski definition) is 1.